The number of aryl methyl sites for hydroxylation is 1. The Hall–Kier alpha value is -3.15. The lowest BCUT2D eigenvalue weighted by Gasteiger charge is -2.08. The highest BCUT2D eigenvalue weighted by Crippen LogP contribution is 2.33. The number of benzene rings is 2. The first-order valence-corrected chi connectivity index (χ1v) is 8.03. The summed E-state index contributed by atoms with van der Waals surface area (Å²) in [7, 11) is 1.54. The summed E-state index contributed by atoms with van der Waals surface area (Å²) in [5.74, 6) is -1.10. The maximum atomic E-state index is 13.2. The van der Waals surface area contributed by atoms with Crippen molar-refractivity contribution >= 4 is 22.7 Å². The molecule has 5 nitrogen and oxygen atoms in total. The Morgan fingerprint density at radius 3 is 2.38 bits per heavy atom. The molecule has 0 spiro atoms. The summed E-state index contributed by atoms with van der Waals surface area (Å²) >= 11 is 0. The van der Waals surface area contributed by atoms with E-state index in [0.717, 1.165) is 5.56 Å². The third-order valence-corrected chi connectivity index (χ3v) is 4.47. The van der Waals surface area contributed by atoms with Crippen LogP contribution in [0.2, 0.25) is 0 Å². The van der Waals surface area contributed by atoms with Gasteiger partial charge in [0.05, 0.1) is 18.2 Å². The normalized spacial score (nSPS) is 10.9. The molecule has 3 rings (SSSR count). The number of hydrogen-bond acceptors (Lipinski definition) is 3. The summed E-state index contributed by atoms with van der Waals surface area (Å²) in [6.07, 6.45) is 0. The minimum absolute atomic E-state index is 0.273. The van der Waals surface area contributed by atoms with Crippen LogP contribution in [0.5, 0.6) is 5.75 Å². The van der Waals surface area contributed by atoms with Crippen LogP contribution in [0.4, 0.5) is 4.39 Å². The summed E-state index contributed by atoms with van der Waals surface area (Å²) in [5, 5.41) is 9.90. The van der Waals surface area contributed by atoms with E-state index in [-0.39, 0.29) is 12.3 Å². The van der Waals surface area contributed by atoms with Gasteiger partial charge in [-0.2, -0.15) is 0 Å². The first kappa shape index (κ1) is 17.7. The molecular formula is C20H18FNO4. The van der Waals surface area contributed by atoms with Gasteiger partial charge in [-0.05, 0) is 49.7 Å². The molecule has 0 saturated carbocycles. The number of carboxylic acid groups (broad SMARTS) is 1. The van der Waals surface area contributed by atoms with Gasteiger partial charge in [0, 0.05) is 22.7 Å². The van der Waals surface area contributed by atoms with Crippen molar-refractivity contribution in [2.75, 3.05) is 7.11 Å². The van der Waals surface area contributed by atoms with Crippen LogP contribution in [0.1, 0.15) is 27.2 Å². The predicted molar refractivity (Wildman–Crippen MR) is 95.4 cm³/mol. The van der Waals surface area contributed by atoms with Crippen LogP contribution in [-0.2, 0) is 11.3 Å². The molecule has 0 atom stereocenters. The number of methoxy groups -OCH3 is 1. The van der Waals surface area contributed by atoms with Crippen molar-refractivity contribution in [1.29, 1.82) is 0 Å². The van der Waals surface area contributed by atoms with E-state index in [1.165, 1.54) is 31.4 Å². The number of hydrogen-bond donors (Lipinski definition) is 1. The Kier molecular flexibility index (Phi) is 4.50. The highest BCUT2D eigenvalue weighted by molar-refractivity contribution is 6.17. The number of aromatic nitrogens is 1. The Morgan fingerprint density at radius 1 is 1.15 bits per heavy atom. The molecule has 1 N–H and O–H groups in total. The van der Waals surface area contributed by atoms with E-state index in [4.69, 9.17) is 4.74 Å². The highest BCUT2D eigenvalue weighted by atomic mass is 19.1. The van der Waals surface area contributed by atoms with Gasteiger partial charge in [-0.3, -0.25) is 9.59 Å². The van der Waals surface area contributed by atoms with E-state index in [1.807, 2.05) is 13.0 Å². The summed E-state index contributed by atoms with van der Waals surface area (Å²) < 4.78 is 20.1. The van der Waals surface area contributed by atoms with Gasteiger partial charge in [0.15, 0.2) is 5.78 Å². The number of carboxylic acids is 1. The van der Waals surface area contributed by atoms with E-state index < -0.39 is 11.8 Å². The van der Waals surface area contributed by atoms with Crippen molar-refractivity contribution in [3.05, 3.63) is 64.6 Å². The second kappa shape index (κ2) is 6.63. The number of nitrogens with zero attached hydrogens (tertiary/aromatic N) is 1. The number of ketones is 1. The van der Waals surface area contributed by atoms with Crippen LogP contribution in [0.25, 0.3) is 10.9 Å². The summed E-state index contributed by atoms with van der Waals surface area (Å²) in [5.41, 5.74) is 2.75. The van der Waals surface area contributed by atoms with E-state index in [1.54, 1.807) is 17.6 Å². The number of carbonyl (C=O) groups is 2. The Balaban J connectivity index is 2.28. The molecule has 26 heavy (non-hydrogen) atoms. The molecule has 1 heterocycles. The standard InChI is InChI=1S/C20H18FNO4/c1-11-8-15-16(9-17(11)26-3)22(10-18(23)24)12(2)19(15)20(25)13-4-6-14(21)7-5-13/h4-9H,10H2,1-3H3,(H,23,24). The van der Waals surface area contributed by atoms with Crippen molar-refractivity contribution in [3.8, 4) is 5.75 Å². The molecule has 0 fully saturated rings. The predicted octanol–water partition coefficient (Wildman–Crippen LogP) is 3.72. The largest absolute Gasteiger partial charge is 0.496 e. The zero-order valence-corrected chi connectivity index (χ0v) is 14.7. The first-order chi connectivity index (χ1) is 12.3. The summed E-state index contributed by atoms with van der Waals surface area (Å²) in [4.78, 5) is 24.3. The molecule has 0 aliphatic carbocycles. The zero-order chi connectivity index (χ0) is 19.0. The van der Waals surface area contributed by atoms with Gasteiger partial charge in [-0.1, -0.05) is 0 Å². The van der Waals surface area contributed by atoms with E-state index in [2.05, 4.69) is 0 Å². The molecule has 3 aromatic rings. The molecule has 0 unspecified atom stereocenters. The monoisotopic (exact) mass is 355 g/mol. The van der Waals surface area contributed by atoms with Gasteiger partial charge in [-0.15, -0.1) is 0 Å². The average Bonchev–Trinajstić information content (AvgIpc) is 2.85. The van der Waals surface area contributed by atoms with Gasteiger partial charge >= 0.3 is 5.97 Å². The Bertz CT molecular complexity index is 1020. The van der Waals surface area contributed by atoms with Gasteiger partial charge in [0.25, 0.3) is 0 Å². The average molecular weight is 355 g/mol. The molecule has 6 heteroatoms. The number of ether oxygens (including phenoxy) is 1. The number of aliphatic carboxylic acids is 1. The van der Waals surface area contributed by atoms with E-state index in [0.29, 0.717) is 33.5 Å². The van der Waals surface area contributed by atoms with Gasteiger partial charge < -0.3 is 14.4 Å². The molecule has 1 aromatic heterocycles. The van der Waals surface area contributed by atoms with Crippen molar-refractivity contribution in [2.45, 2.75) is 20.4 Å². The molecule has 0 amide bonds. The second-order valence-electron chi connectivity index (χ2n) is 6.12. The van der Waals surface area contributed by atoms with Crippen LogP contribution >= 0.6 is 0 Å². The Morgan fingerprint density at radius 2 is 1.81 bits per heavy atom. The van der Waals surface area contributed by atoms with Crippen molar-refractivity contribution in [3.63, 3.8) is 0 Å². The fraction of sp³-hybridized carbons (Fsp3) is 0.200. The second-order valence-corrected chi connectivity index (χ2v) is 6.12. The van der Waals surface area contributed by atoms with Gasteiger partial charge in [0.1, 0.15) is 18.1 Å². The van der Waals surface area contributed by atoms with Crippen LogP contribution in [0.15, 0.2) is 36.4 Å². The topological polar surface area (TPSA) is 68.5 Å². The fourth-order valence-corrected chi connectivity index (χ4v) is 3.20. The number of rotatable bonds is 5. The lowest BCUT2D eigenvalue weighted by Crippen LogP contribution is -2.11. The van der Waals surface area contributed by atoms with Crippen LogP contribution in [-0.4, -0.2) is 28.5 Å². The summed E-state index contributed by atoms with van der Waals surface area (Å²) in [6, 6.07) is 8.86. The summed E-state index contributed by atoms with van der Waals surface area (Å²) in [6.45, 7) is 3.29. The van der Waals surface area contributed by atoms with Crippen LogP contribution in [0, 0.1) is 19.7 Å². The third kappa shape index (κ3) is 2.94. The molecular weight excluding hydrogens is 337 g/mol. The highest BCUT2D eigenvalue weighted by Gasteiger charge is 2.23. The number of halogens is 1. The lowest BCUT2D eigenvalue weighted by atomic mass is 9.99. The lowest BCUT2D eigenvalue weighted by molar-refractivity contribution is -0.137. The molecule has 0 aliphatic rings. The fourth-order valence-electron chi connectivity index (χ4n) is 3.20. The van der Waals surface area contributed by atoms with E-state index in [9.17, 15) is 19.1 Å². The molecule has 0 saturated heterocycles. The van der Waals surface area contributed by atoms with Gasteiger partial charge in [-0.25, -0.2) is 4.39 Å². The maximum absolute atomic E-state index is 13.2. The minimum atomic E-state index is -1.01. The van der Waals surface area contributed by atoms with Crippen molar-refractivity contribution in [1.82, 2.24) is 4.57 Å². The first-order valence-electron chi connectivity index (χ1n) is 8.03. The minimum Gasteiger partial charge on any atom is -0.496 e. The third-order valence-electron chi connectivity index (χ3n) is 4.47. The van der Waals surface area contributed by atoms with Crippen LogP contribution in [0.3, 0.4) is 0 Å². The molecule has 0 aliphatic heterocycles. The van der Waals surface area contributed by atoms with Crippen LogP contribution < -0.4 is 4.74 Å². The maximum Gasteiger partial charge on any atom is 0.323 e. The van der Waals surface area contributed by atoms with E-state index >= 15 is 0 Å². The van der Waals surface area contributed by atoms with Gasteiger partial charge in [0.2, 0.25) is 0 Å². The van der Waals surface area contributed by atoms with Crippen molar-refractivity contribution < 1.29 is 23.8 Å². The quantitative estimate of drug-likeness (QED) is 0.708. The van der Waals surface area contributed by atoms with Crippen molar-refractivity contribution in [2.24, 2.45) is 0 Å². The molecule has 134 valence electrons. The molecule has 0 radical (unpaired) electrons. The molecule has 0 bridgehead atoms. The zero-order valence-electron chi connectivity index (χ0n) is 14.7. The smallest absolute Gasteiger partial charge is 0.323 e. The Labute approximate surface area is 149 Å². The molecule has 2 aromatic carbocycles. The number of carbonyl (C=O) groups excluding carboxylic acids is 1. The number of fused-ring (bicyclic) bond motifs is 1. The SMILES string of the molecule is COc1cc2c(cc1C)c(C(=O)c1ccc(F)cc1)c(C)n2CC(=O)O.